The number of aromatic nitrogens is 1. The average Bonchev–Trinajstić information content (AvgIpc) is 3.28. The van der Waals surface area contributed by atoms with Crippen LogP contribution in [-0.4, -0.2) is 55.1 Å². The lowest BCUT2D eigenvalue weighted by molar-refractivity contribution is -0.140. The van der Waals surface area contributed by atoms with Crippen LogP contribution in [0.2, 0.25) is 0 Å². The molecule has 0 unspecified atom stereocenters. The monoisotopic (exact) mass is 361 g/mol. The second kappa shape index (κ2) is 7.94. The van der Waals surface area contributed by atoms with E-state index in [1.165, 1.54) is 13.8 Å². The lowest BCUT2D eigenvalue weighted by atomic mass is 10.1. The van der Waals surface area contributed by atoms with E-state index in [1.807, 2.05) is 18.2 Å². The van der Waals surface area contributed by atoms with Crippen molar-refractivity contribution < 1.29 is 28.5 Å². The van der Waals surface area contributed by atoms with Crippen LogP contribution in [0.25, 0.3) is 0 Å². The van der Waals surface area contributed by atoms with Crippen molar-refractivity contribution in [3.8, 4) is 0 Å². The Morgan fingerprint density at radius 1 is 0.962 bits per heavy atom. The van der Waals surface area contributed by atoms with Crippen molar-refractivity contribution >= 4 is 23.7 Å². The predicted octanol–water partition coefficient (Wildman–Crippen LogP) is 1.15. The highest BCUT2D eigenvalue weighted by Gasteiger charge is 2.26. The van der Waals surface area contributed by atoms with E-state index in [1.54, 1.807) is 0 Å². The summed E-state index contributed by atoms with van der Waals surface area (Å²) in [6.07, 6.45) is 0. The summed E-state index contributed by atoms with van der Waals surface area (Å²) in [6, 6.07) is 5.07. The minimum atomic E-state index is -0.386. The minimum absolute atomic E-state index is 0.0196. The van der Waals surface area contributed by atoms with Crippen molar-refractivity contribution in [3.05, 3.63) is 29.6 Å². The van der Waals surface area contributed by atoms with Gasteiger partial charge in [0.2, 0.25) is 11.8 Å². The Kier molecular flexibility index (Phi) is 5.45. The van der Waals surface area contributed by atoms with E-state index in [9.17, 15) is 9.59 Å². The maximum Gasteiger partial charge on any atom is 0.303 e. The first-order chi connectivity index (χ1) is 12.5. The molecule has 0 aromatic carbocycles. The summed E-state index contributed by atoms with van der Waals surface area (Å²) in [5.74, 6) is -0.0152. The molecule has 26 heavy (non-hydrogen) atoms. The van der Waals surface area contributed by atoms with Crippen LogP contribution in [-0.2, 0) is 28.5 Å². The van der Waals surface area contributed by atoms with E-state index in [-0.39, 0.29) is 37.2 Å². The highest BCUT2D eigenvalue weighted by Crippen LogP contribution is 2.26. The summed E-state index contributed by atoms with van der Waals surface area (Å²) in [5.41, 5.74) is 1.48. The molecule has 0 saturated heterocycles. The van der Waals surface area contributed by atoms with Crippen LogP contribution in [0.3, 0.4) is 0 Å². The Balaban J connectivity index is 1.66. The third-order valence-electron chi connectivity index (χ3n) is 3.69. The summed E-state index contributed by atoms with van der Waals surface area (Å²) >= 11 is 0. The number of aliphatic imine (C=N–C) groups is 2. The van der Waals surface area contributed by atoms with Crippen LogP contribution in [0.15, 0.2) is 28.2 Å². The number of rotatable bonds is 6. The number of nitrogens with zero attached hydrogens (tertiary/aromatic N) is 3. The Labute approximate surface area is 150 Å². The number of esters is 2. The highest BCUT2D eigenvalue weighted by molar-refractivity contribution is 5.82. The van der Waals surface area contributed by atoms with Crippen molar-refractivity contribution in [2.24, 2.45) is 9.98 Å². The van der Waals surface area contributed by atoms with Gasteiger partial charge in [-0.05, 0) is 12.1 Å². The lowest BCUT2D eigenvalue weighted by Gasteiger charge is -2.09. The quantitative estimate of drug-likeness (QED) is 0.699. The van der Waals surface area contributed by atoms with Crippen LogP contribution in [0.1, 0.15) is 37.3 Å². The van der Waals surface area contributed by atoms with Crippen molar-refractivity contribution in [1.82, 2.24) is 4.98 Å². The van der Waals surface area contributed by atoms with Gasteiger partial charge in [-0.25, -0.2) is 9.98 Å². The molecule has 0 spiro atoms. The number of hydrogen-bond donors (Lipinski definition) is 0. The fraction of sp³-hybridized carbons (Fsp3) is 0.471. The zero-order valence-corrected chi connectivity index (χ0v) is 14.5. The Morgan fingerprint density at radius 3 is 1.85 bits per heavy atom. The number of carbonyl (C=O) groups is 2. The van der Waals surface area contributed by atoms with Gasteiger partial charge in [0.25, 0.3) is 0 Å². The lowest BCUT2D eigenvalue weighted by Crippen LogP contribution is -2.11. The van der Waals surface area contributed by atoms with Gasteiger partial charge in [-0.2, -0.15) is 0 Å². The molecule has 0 radical (unpaired) electrons. The molecule has 3 heterocycles. The largest absolute Gasteiger partial charge is 0.476 e. The van der Waals surface area contributed by atoms with E-state index in [2.05, 4.69) is 15.0 Å². The first kappa shape index (κ1) is 17.8. The van der Waals surface area contributed by atoms with E-state index in [0.29, 0.717) is 25.0 Å². The van der Waals surface area contributed by atoms with Gasteiger partial charge >= 0.3 is 11.9 Å². The van der Waals surface area contributed by atoms with Gasteiger partial charge in [0, 0.05) is 13.8 Å². The first-order valence-corrected chi connectivity index (χ1v) is 8.14. The zero-order valence-electron chi connectivity index (χ0n) is 14.5. The SMILES string of the molecule is CC(=O)OCC1=N[C@@H](c2cccc([C@H]3COC(COC(C)=O)=N3)n2)CO1. The molecule has 0 amide bonds. The third kappa shape index (κ3) is 4.56. The molecule has 1 aromatic heterocycles. The van der Waals surface area contributed by atoms with Crippen LogP contribution in [0, 0.1) is 0 Å². The van der Waals surface area contributed by atoms with Crippen molar-refractivity contribution in [1.29, 1.82) is 0 Å². The van der Waals surface area contributed by atoms with Gasteiger partial charge < -0.3 is 18.9 Å². The predicted molar refractivity (Wildman–Crippen MR) is 89.8 cm³/mol. The second-order valence-electron chi connectivity index (χ2n) is 5.75. The van der Waals surface area contributed by atoms with E-state index < -0.39 is 0 Å². The number of hydrogen-bond acceptors (Lipinski definition) is 9. The van der Waals surface area contributed by atoms with E-state index in [0.717, 1.165) is 11.4 Å². The zero-order chi connectivity index (χ0) is 18.5. The molecule has 0 saturated carbocycles. The maximum atomic E-state index is 10.9. The van der Waals surface area contributed by atoms with Crippen LogP contribution in [0.5, 0.6) is 0 Å². The summed E-state index contributed by atoms with van der Waals surface area (Å²) in [6.45, 7) is 3.39. The molecule has 1 aromatic rings. The van der Waals surface area contributed by atoms with Gasteiger partial charge in [0.15, 0.2) is 13.2 Å². The van der Waals surface area contributed by atoms with Gasteiger partial charge in [-0.15, -0.1) is 0 Å². The molecule has 0 bridgehead atoms. The minimum Gasteiger partial charge on any atom is -0.476 e. The normalized spacial score (nSPS) is 21.3. The van der Waals surface area contributed by atoms with Crippen LogP contribution in [0.4, 0.5) is 0 Å². The van der Waals surface area contributed by atoms with Gasteiger partial charge in [-0.1, -0.05) is 6.07 Å². The van der Waals surface area contributed by atoms with Crippen molar-refractivity contribution in [3.63, 3.8) is 0 Å². The molecule has 2 aliphatic rings. The number of pyridine rings is 1. The maximum absolute atomic E-state index is 10.9. The van der Waals surface area contributed by atoms with Crippen LogP contribution < -0.4 is 0 Å². The summed E-state index contributed by atoms with van der Waals surface area (Å²) < 4.78 is 20.6. The van der Waals surface area contributed by atoms with Crippen molar-refractivity contribution in [2.45, 2.75) is 25.9 Å². The smallest absolute Gasteiger partial charge is 0.303 e. The van der Waals surface area contributed by atoms with Crippen molar-refractivity contribution in [2.75, 3.05) is 26.4 Å². The standard InChI is InChI=1S/C17H19N3O6/c1-10(21)23-8-16-19-14(6-25-16)12-4-3-5-13(18-12)15-7-26-17(20-15)9-24-11(2)22/h3-5,14-15H,6-9H2,1-2H3/t14-,15-/m1/s1. The fourth-order valence-electron chi connectivity index (χ4n) is 2.47. The topological polar surface area (TPSA) is 109 Å². The molecule has 0 N–H and O–H groups in total. The Hall–Kier alpha value is -2.97. The number of ether oxygens (including phenoxy) is 4. The second-order valence-corrected chi connectivity index (χ2v) is 5.75. The number of carbonyl (C=O) groups excluding carboxylic acids is 2. The Bertz CT molecular complexity index is 701. The van der Waals surface area contributed by atoms with E-state index in [4.69, 9.17) is 18.9 Å². The van der Waals surface area contributed by atoms with Gasteiger partial charge in [0.1, 0.15) is 25.3 Å². The summed E-state index contributed by atoms with van der Waals surface area (Å²) in [4.78, 5) is 35.1. The highest BCUT2D eigenvalue weighted by atomic mass is 16.6. The Morgan fingerprint density at radius 2 is 1.42 bits per heavy atom. The molecular formula is C17H19N3O6. The molecule has 9 nitrogen and oxygen atoms in total. The first-order valence-electron chi connectivity index (χ1n) is 8.14. The fourth-order valence-corrected chi connectivity index (χ4v) is 2.47. The molecule has 2 atom stereocenters. The molecule has 9 heteroatoms. The van der Waals surface area contributed by atoms with Crippen LogP contribution >= 0.6 is 0 Å². The molecular weight excluding hydrogens is 342 g/mol. The van der Waals surface area contributed by atoms with Gasteiger partial charge in [0.05, 0.1) is 11.4 Å². The third-order valence-corrected chi connectivity index (χ3v) is 3.69. The molecule has 3 rings (SSSR count). The summed E-state index contributed by atoms with van der Waals surface area (Å²) in [5, 5.41) is 0. The average molecular weight is 361 g/mol. The molecule has 0 aliphatic carbocycles. The molecule has 2 aliphatic heterocycles. The summed E-state index contributed by atoms with van der Waals surface area (Å²) in [7, 11) is 0. The molecule has 0 fully saturated rings. The molecule has 138 valence electrons. The van der Waals surface area contributed by atoms with Gasteiger partial charge in [-0.3, -0.25) is 14.6 Å². The van der Waals surface area contributed by atoms with E-state index >= 15 is 0 Å².